The van der Waals surface area contributed by atoms with Gasteiger partial charge in [0.2, 0.25) is 5.91 Å². The number of anilines is 1. The molecule has 0 aliphatic heterocycles. The maximum Gasteiger partial charge on any atom is 0.251 e. The lowest BCUT2D eigenvalue weighted by molar-refractivity contribution is -0.118. The SMILES string of the molecule is COc1ccccc1-c1cc(NC(=O)C(NC(=O)c2cccc(C)c2)C(C)C)n[nH]1. The molecule has 0 saturated carbocycles. The summed E-state index contributed by atoms with van der Waals surface area (Å²) in [6.45, 7) is 5.68. The van der Waals surface area contributed by atoms with Gasteiger partial charge in [0, 0.05) is 17.2 Å². The molecule has 30 heavy (non-hydrogen) atoms. The number of para-hydroxylation sites is 1. The third-order valence-corrected chi connectivity index (χ3v) is 4.74. The summed E-state index contributed by atoms with van der Waals surface area (Å²) in [7, 11) is 1.60. The van der Waals surface area contributed by atoms with Crippen molar-refractivity contribution in [2.75, 3.05) is 12.4 Å². The van der Waals surface area contributed by atoms with Crippen molar-refractivity contribution in [2.24, 2.45) is 5.92 Å². The molecule has 3 rings (SSSR count). The van der Waals surface area contributed by atoms with Crippen LogP contribution in [-0.2, 0) is 4.79 Å². The number of hydrogen-bond acceptors (Lipinski definition) is 4. The average molecular weight is 406 g/mol. The zero-order valence-corrected chi connectivity index (χ0v) is 17.5. The van der Waals surface area contributed by atoms with Crippen molar-refractivity contribution in [3.05, 3.63) is 65.7 Å². The Morgan fingerprint density at radius 3 is 2.53 bits per heavy atom. The topological polar surface area (TPSA) is 96.1 Å². The van der Waals surface area contributed by atoms with E-state index in [2.05, 4.69) is 20.8 Å². The standard InChI is InChI=1S/C23H26N4O3/c1-14(2)21(25-22(28)16-9-7-8-15(3)12-16)23(29)24-20-13-18(26-27-20)17-10-5-6-11-19(17)30-4/h5-14,21H,1-4H3,(H,25,28)(H2,24,26,27,29). The van der Waals surface area contributed by atoms with E-state index in [0.717, 1.165) is 11.1 Å². The summed E-state index contributed by atoms with van der Waals surface area (Å²) in [6.07, 6.45) is 0. The fraction of sp³-hybridized carbons (Fsp3) is 0.261. The van der Waals surface area contributed by atoms with E-state index in [1.54, 1.807) is 25.3 Å². The molecule has 156 valence electrons. The summed E-state index contributed by atoms with van der Waals surface area (Å²) >= 11 is 0. The largest absolute Gasteiger partial charge is 0.496 e. The molecular formula is C23H26N4O3. The van der Waals surface area contributed by atoms with Crippen LogP contribution >= 0.6 is 0 Å². The van der Waals surface area contributed by atoms with Crippen molar-refractivity contribution in [1.29, 1.82) is 0 Å². The van der Waals surface area contributed by atoms with Gasteiger partial charge in [-0.25, -0.2) is 0 Å². The van der Waals surface area contributed by atoms with Gasteiger partial charge in [0.1, 0.15) is 11.8 Å². The van der Waals surface area contributed by atoms with Crippen molar-refractivity contribution in [3.63, 3.8) is 0 Å². The van der Waals surface area contributed by atoms with Gasteiger partial charge in [-0.15, -0.1) is 0 Å². The van der Waals surface area contributed by atoms with Gasteiger partial charge in [-0.05, 0) is 37.1 Å². The zero-order valence-electron chi connectivity index (χ0n) is 17.5. The molecule has 0 aliphatic rings. The van der Waals surface area contributed by atoms with Crippen molar-refractivity contribution in [1.82, 2.24) is 15.5 Å². The number of methoxy groups -OCH3 is 1. The van der Waals surface area contributed by atoms with E-state index in [0.29, 0.717) is 22.8 Å². The number of carbonyl (C=O) groups is 2. The Morgan fingerprint density at radius 1 is 1.07 bits per heavy atom. The maximum atomic E-state index is 12.9. The molecule has 7 nitrogen and oxygen atoms in total. The number of nitrogens with zero attached hydrogens (tertiary/aromatic N) is 1. The van der Waals surface area contributed by atoms with Crippen LogP contribution in [0.5, 0.6) is 5.75 Å². The Hall–Kier alpha value is -3.61. The normalized spacial score (nSPS) is 11.8. The molecule has 0 radical (unpaired) electrons. The molecule has 2 amide bonds. The second kappa shape index (κ2) is 9.26. The highest BCUT2D eigenvalue weighted by Crippen LogP contribution is 2.29. The molecule has 0 fully saturated rings. The first-order valence-corrected chi connectivity index (χ1v) is 9.76. The van der Waals surface area contributed by atoms with Gasteiger partial charge < -0.3 is 15.4 Å². The second-order valence-corrected chi connectivity index (χ2v) is 7.42. The van der Waals surface area contributed by atoms with E-state index in [1.807, 2.05) is 57.2 Å². The van der Waals surface area contributed by atoms with Gasteiger partial charge in [-0.2, -0.15) is 5.10 Å². The number of aryl methyl sites for hydroxylation is 1. The number of nitrogens with one attached hydrogen (secondary N) is 3. The van der Waals surface area contributed by atoms with Gasteiger partial charge in [-0.1, -0.05) is 43.7 Å². The number of rotatable bonds is 7. The summed E-state index contributed by atoms with van der Waals surface area (Å²) in [6, 6.07) is 15.8. The molecule has 0 saturated heterocycles. The number of ether oxygens (including phenoxy) is 1. The quantitative estimate of drug-likeness (QED) is 0.556. The van der Waals surface area contributed by atoms with Crippen molar-refractivity contribution < 1.29 is 14.3 Å². The van der Waals surface area contributed by atoms with Gasteiger partial charge in [0.05, 0.1) is 12.8 Å². The minimum atomic E-state index is -0.704. The van der Waals surface area contributed by atoms with Crippen molar-refractivity contribution in [3.8, 4) is 17.0 Å². The number of amides is 2. The molecule has 0 aliphatic carbocycles. The molecule has 3 aromatic rings. The van der Waals surface area contributed by atoms with E-state index in [4.69, 9.17) is 4.74 Å². The van der Waals surface area contributed by atoms with Gasteiger partial charge >= 0.3 is 0 Å². The van der Waals surface area contributed by atoms with Crippen LogP contribution in [0.1, 0.15) is 29.8 Å². The van der Waals surface area contributed by atoms with Crippen LogP contribution in [0.4, 0.5) is 5.82 Å². The van der Waals surface area contributed by atoms with E-state index < -0.39 is 6.04 Å². The van der Waals surface area contributed by atoms with E-state index in [-0.39, 0.29) is 17.7 Å². The van der Waals surface area contributed by atoms with Crippen LogP contribution in [0, 0.1) is 12.8 Å². The Bertz CT molecular complexity index is 1040. The lowest BCUT2D eigenvalue weighted by Crippen LogP contribution is -2.47. The number of carbonyl (C=O) groups excluding carboxylic acids is 2. The number of benzene rings is 2. The first kappa shape index (κ1) is 21.1. The van der Waals surface area contributed by atoms with Crippen molar-refractivity contribution >= 4 is 17.6 Å². The number of aromatic nitrogens is 2. The van der Waals surface area contributed by atoms with E-state index in [1.165, 1.54) is 0 Å². The van der Waals surface area contributed by atoms with Gasteiger partial charge in [0.15, 0.2) is 5.82 Å². The van der Waals surface area contributed by atoms with E-state index >= 15 is 0 Å². The number of aromatic amines is 1. The van der Waals surface area contributed by atoms with Gasteiger partial charge in [0.25, 0.3) is 5.91 Å². The summed E-state index contributed by atoms with van der Waals surface area (Å²) in [4.78, 5) is 25.5. The highest BCUT2D eigenvalue weighted by Gasteiger charge is 2.25. The van der Waals surface area contributed by atoms with Crippen LogP contribution in [-0.4, -0.2) is 35.2 Å². The van der Waals surface area contributed by atoms with Crippen LogP contribution < -0.4 is 15.4 Å². The molecule has 1 atom stereocenters. The van der Waals surface area contributed by atoms with Crippen LogP contribution in [0.3, 0.4) is 0 Å². The summed E-state index contributed by atoms with van der Waals surface area (Å²) in [5.74, 6) is 0.348. The third kappa shape index (κ3) is 4.86. The highest BCUT2D eigenvalue weighted by molar-refractivity contribution is 6.01. The monoisotopic (exact) mass is 406 g/mol. The first-order chi connectivity index (χ1) is 14.4. The zero-order chi connectivity index (χ0) is 21.7. The Balaban J connectivity index is 1.73. The summed E-state index contributed by atoms with van der Waals surface area (Å²) < 4.78 is 5.37. The number of H-pyrrole nitrogens is 1. The van der Waals surface area contributed by atoms with E-state index in [9.17, 15) is 9.59 Å². The first-order valence-electron chi connectivity index (χ1n) is 9.76. The van der Waals surface area contributed by atoms with Crippen LogP contribution in [0.15, 0.2) is 54.6 Å². The predicted molar refractivity (Wildman–Crippen MR) is 116 cm³/mol. The molecule has 0 spiro atoms. The molecule has 2 aromatic carbocycles. The second-order valence-electron chi connectivity index (χ2n) is 7.42. The van der Waals surface area contributed by atoms with Crippen molar-refractivity contribution in [2.45, 2.75) is 26.8 Å². The molecule has 1 unspecified atom stereocenters. The number of hydrogen-bond donors (Lipinski definition) is 3. The Morgan fingerprint density at radius 2 is 1.83 bits per heavy atom. The lowest BCUT2D eigenvalue weighted by atomic mass is 10.0. The summed E-state index contributed by atoms with van der Waals surface area (Å²) in [5, 5.41) is 12.7. The molecule has 1 heterocycles. The minimum absolute atomic E-state index is 0.105. The third-order valence-electron chi connectivity index (χ3n) is 4.74. The molecule has 1 aromatic heterocycles. The Labute approximate surface area is 175 Å². The fourth-order valence-electron chi connectivity index (χ4n) is 3.14. The van der Waals surface area contributed by atoms with Crippen LogP contribution in [0.25, 0.3) is 11.3 Å². The van der Waals surface area contributed by atoms with Gasteiger partial charge in [-0.3, -0.25) is 14.7 Å². The maximum absolute atomic E-state index is 12.9. The fourth-order valence-corrected chi connectivity index (χ4v) is 3.14. The van der Waals surface area contributed by atoms with Crippen LogP contribution in [0.2, 0.25) is 0 Å². The smallest absolute Gasteiger partial charge is 0.251 e. The molecule has 3 N–H and O–H groups in total. The predicted octanol–water partition coefficient (Wildman–Crippen LogP) is 3.79. The lowest BCUT2D eigenvalue weighted by Gasteiger charge is -2.21. The minimum Gasteiger partial charge on any atom is -0.496 e. The molecular weight excluding hydrogens is 380 g/mol. The summed E-state index contributed by atoms with van der Waals surface area (Å²) in [5.41, 5.74) is 3.05. The molecule has 7 heteroatoms. The average Bonchev–Trinajstić information content (AvgIpc) is 3.19. The highest BCUT2D eigenvalue weighted by atomic mass is 16.5. The molecule has 0 bridgehead atoms. The Kier molecular flexibility index (Phi) is 6.51.